The standard InChI is InChI=1S/C10H10IN3S/c1-14-5-4-13-10(14)15-9-3-2-7(12)6-8(9)11/h2-6H,12H2,1H3. The molecule has 0 unspecified atom stereocenters. The number of nitrogen functional groups attached to an aromatic ring is 1. The molecular formula is C10H10IN3S. The van der Waals surface area contributed by atoms with Gasteiger partial charge in [-0.25, -0.2) is 4.98 Å². The molecule has 0 spiro atoms. The van der Waals surface area contributed by atoms with Gasteiger partial charge in [-0.05, 0) is 40.8 Å². The third kappa shape index (κ3) is 2.46. The largest absolute Gasteiger partial charge is 0.399 e. The number of anilines is 1. The number of rotatable bonds is 2. The van der Waals surface area contributed by atoms with Crippen LogP contribution in [0.5, 0.6) is 0 Å². The van der Waals surface area contributed by atoms with Gasteiger partial charge < -0.3 is 10.3 Å². The highest BCUT2D eigenvalue weighted by Gasteiger charge is 2.05. The lowest BCUT2D eigenvalue weighted by Crippen LogP contribution is -1.91. The van der Waals surface area contributed by atoms with Crippen LogP contribution in [0.3, 0.4) is 0 Å². The van der Waals surface area contributed by atoms with Crippen molar-refractivity contribution in [3.05, 3.63) is 34.2 Å². The summed E-state index contributed by atoms with van der Waals surface area (Å²) in [6.07, 6.45) is 3.74. The fourth-order valence-electron chi connectivity index (χ4n) is 1.15. The molecule has 0 atom stereocenters. The number of hydrogen-bond acceptors (Lipinski definition) is 3. The van der Waals surface area contributed by atoms with Crippen LogP contribution in [0.1, 0.15) is 0 Å². The number of aryl methyl sites for hydroxylation is 1. The van der Waals surface area contributed by atoms with Gasteiger partial charge in [0.25, 0.3) is 0 Å². The van der Waals surface area contributed by atoms with Crippen LogP contribution in [-0.4, -0.2) is 9.55 Å². The number of aromatic nitrogens is 2. The fourth-order valence-corrected chi connectivity index (χ4v) is 2.83. The molecule has 2 N–H and O–H groups in total. The zero-order valence-electron chi connectivity index (χ0n) is 8.14. The van der Waals surface area contributed by atoms with Crippen molar-refractivity contribution in [1.29, 1.82) is 0 Å². The van der Waals surface area contributed by atoms with Crippen molar-refractivity contribution in [2.45, 2.75) is 10.1 Å². The summed E-state index contributed by atoms with van der Waals surface area (Å²) >= 11 is 3.93. The molecule has 0 radical (unpaired) electrons. The molecule has 0 amide bonds. The summed E-state index contributed by atoms with van der Waals surface area (Å²) in [6, 6.07) is 5.90. The average molecular weight is 331 g/mol. The van der Waals surface area contributed by atoms with Gasteiger partial charge in [-0.1, -0.05) is 11.8 Å². The Bertz CT molecular complexity index is 481. The molecule has 15 heavy (non-hydrogen) atoms. The van der Waals surface area contributed by atoms with Crippen LogP contribution < -0.4 is 5.73 Å². The minimum atomic E-state index is 0.795. The van der Waals surface area contributed by atoms with E-state index in [1.165, 1.54) is 4.90 Å². The van der Waals surface area contributed by atoms with Crippen molar-refractivity contribution in [2.75, 3.05) is 5.73 Å². The molecule has 0 aliphatic rings. The smallest absolute Gasteiger partial charge is 0.172 e. The number of benzene rings is 1. The molecule has 0 saturated heterocycles. The zero-order valence-corrected chi connectivity index (χ0v) is 11.1. The maximum absolute atomic E-state index is 5.70. The summed E-state index contributed by atoms with van der Waals surface area (Å²) in [7, 11) is 1.99. The van der Waals surface area contributed by atoms with Crippen LogP contribution in [0.2, 0.25) is 0 Å². The Kier molecular flexibility index (Phi) is 3.20. The summed E-state index contributed by atoms with van der Waals surface area (Å²) in [5.41, 5.74) is 6.49. The highest BCUT2D eigenvalue weighted by molar-refractivity contribution is 14.1. The minimum absolute atomic E-state index is 0.795. The molecule has 0 fully saturated rings. The second-order valence-electron chi connectivity index (χ2n) is 3.11. The summed E-state index contributed by atoms with van der Waals surface area (Å²) in [4.78, 5) is 5.45. The Morgan fingerprint density at radius 1 is 1.47 bits per heavy atom. The van der Waals surface area contributed by atoms with E-state index in [1.54, 1.807) is 18.0 Å². The van der Waals surface area contributed by atoms with E-state index in [9.17, 15) is 0 Å². The molecule has 0 aliphatic heterocycles. The predicted molar refractivity (Wildman–Crippen MR) is 70.9 cm³/mol. The molecule has 5 heteroatoms. The fraction of sp³-hybridized carbons (Fsp3) is 0.100. The maximum atomic E-state index is 5.70. The van der Waals surface area contributed by atoms with Gasteiger partial charge in [0.05, 0.1) is 0 Å². The molecule has 78 valence electrons. The van der Waals surface area contributed by atoms with Crippen LogP contribution in [0.25, 0.3) is 0 Å². The van der Waals surface area contributed by atoms with Crippen molar-refractivity contribution in [3.8, 4) is 0 Å². The molecule has 2 rings (SSSR count). The van der Waals surface area contributed by atoms with Gasteiger partial charge in [0.2, 0.25) is 0 Å². The average Bonchev–Trinajstić information content (AvgIpc) is 2.57. The lowest BCUT2D eigenvalue weighted by molar-refractivity contribution is 0.790. The van der Waals surface area contributed by atoms with Crippen molar-refractivity contribution in [3.63, 3.8) is 0 Å². The zero-order chi connectivity index (χ0) is 10.8. The van der Waals surface area contributed by atoms with E-state index in [4.69, 9.17) is 5.73 Å². The van der Waals surface area contributed by atoms with Gasteiger partial charge >= 0.3 is 0 Å². The van der Waals surface area contributed by atoms with E-state index >= 15 is 0 Å². The topological polar surface area (TPSA) is 43.8 Å². The predicted octanol–water partition coefficient (Wildman–Crippen LogP) is 2.76. The first-order chi connectivity index (χ1) is 7.16. The Morgan fingerprint density at radius 3 is 2.87 bits per heavy atom. The van der Waals surface area contributed by atoms with Gasteiger partial charge in [0.15, 0.2) is 5.16 Å². The molecule has 2 aromatic rings. The first-order valence-electron chi connectivity index (χ1n) is 4.37. The third-order valence-corrected chi connectivity index (χ3v) is 4.34. The van der Waals surface area contributed by atoms with Gasteiger partial charge in [-0.3, -0.25) is 0 Å². The van der Waals surface area contributed by atoms with Crippen LogP contribution in [0.15, 0.2) is 40.6 Å². The Hall–Kier alpha value is -0.690. The van der Waals surface area contributed by atoms with Crippen molar-refractivity contribution < 1.29 is 0 Å². The van der Waals surface area contributed by atoms with Gasteiger partial charge in [-0.2, -0.15) is 0 Å². The van der Waals surface area contributed by atoms with Gasteiger partial charge in [-0.15, -0.1) is 0 Å². The third-order valence-electron chi connectivity index (χ3n) is 1.93. The van der Waals surface area contributed by atoms with Crippen molar-refractivity contribution >= 4 is 40.0 Å². The van der Waals surface area contributed by atoms with Crippen molar-refractivity contribution in [1.82, 2.24) is 9.55 Å². The van der Waals surface area contributed by atoms with E-state index in [0.717, 1.165) is 14.4 Å². The van der Waals surface area contributed by atoms with E-state index in [-0.39, 0.29) is 0 Å². The summed E-state index contributed by atoms with van der Waals surface area (Å²) in [6.45, 7) is 0. The maximum Gasteiger partial charge on any atom is 0.172 e. The number of imidazole rings is 1. The second-order valence-corrected chi connectivity index (χ2v) is 5.28. The molecule has 0 saturated carbocycles. The number of nitrogens with two attached hydrogens (primary N) is 1. The molecule has 1 heterocycles. The molecule has 1 aromatic heterocycles. The van der Waals surface area contributed by atoms with Crippen LogP contribution in [0, 0.1) is 3.57 Å². The number of halogens is 1. The lowest BCUT2D eigenvalue weighted by atomic mass is 10.3. The second kappa shape index (κ2) is 4.44. The summed E-state index contributed by atoms with van der Waals surface area (Å²) < 4.78 is 3.15. The Morgan fingerprint density at radius 2 is 2.27 bits per heavy atom. The van der Waals surface area contributed by atoms with Gasteiger partial charge in [0, 0.05) is 33.6 Å². The summed E-state index contributed by atoms with van der Waals surface area (Å²) in [5, 5.41) is 0.984. The molecule has 3 nitrogen and oxygen atoms in total. The summed E-state index contributed by atoms with van der Waals surface area (Å²) in [5.74, 6) is 0. The normalized spacial score (nSPS) is 10.5. The number of hydrogen-bond donors (Lipinski definition) is 1. The Labute approximate surface area is 106 Å². The number of nitrogens with zero attached hydrogens (tertiary/aromatic N) is 2. The molecule has 1 aromatic carbocycles. The minimum Gasteiger partial charge on any atom is -0.399 e. The quantitative estimate of drug-likeness (QED) is 0.680. The van der Waals surface area contributed by atoms with E-state index in [2.05, 4.69) is 27.6 Å². The lowest BCUT2D eigenvalue weighted by Gasteiger charge is -2.04. The molecular weight excluding hydrogens is 321 g/mol. The van der Waals surface area contributed by atoms with Crippen LogP contribution in [-0.2, 0) is 7.05 Å². The van der Waals surface area contributed by atoms with E-state index < -0.39 is 0 Å². The SMILES string of the molecule is Cn1ccnc1Sc1ccc(N)cc1I. The van der Waals surface area contributed by atoms with Crippen LogP contribution in [0.4, 0.5) is 5.69 Å². The van der Waals surface area contributed by atoms with Gasteiger partial charge in [0.1, 0.15) is 0 Å². The first-order valence-corrected chi connectivity index (χ1v) is 6.26. The highest BCUT2D eigenvalue weighted by Crippen LogP contribution is 2.30. The van der Waals surface area contributed by atoms with E-state index in [0.29, 0.717) is 0 Å². The highest BCUT2D eigenvalue weighted by atomic mass is 127. The molecule has 0 aliphatic carbocycles. The molecule has 0 bridgehead atoms. The van der Waals surface area contributed by atoms with Crippen molar-refractivity contribution in [2.24, 2.45) is 7.05 Å². The monoisotopic (exact) mass is 331 g/mol. The first kappa shape index (κ1) is 10.8. The van der Waals surface area contributed by atoms with E-state index in [1.807, 2.05) is 36.0 Å². The van der Waals surface area contributed by atoms with Crippen LogP contribution >= 0.6 is 34.4 Å². The Balaban J connectivity index is 2.29.